The number of aliphatic carboxylic acids is 1. The van der Waals surface area contributed by atoms with Gasteiger partial charge in [-0.25, -0.2) is 9.59 Å². The molecule has 0 aromatic heterocycles. The number of nitrogens with zero attached hydrogens (tertiary/aromatic N) is 1. The summed E-state index contributed by atoms with van der Waals surface area (Å²) in [7, 11) is 0. The van der Waals surface area contributed by atoms with Crippen molar-refractivity contribution in [2.45, 2.75) is 12.5 Å². The fraction of sp³-hybridized carbons (Fsp3) is 0.556. The molecular formula is C9H11NO4. The quantitative estimate of drug-likeness (QED) is 0.604. The van der Waals surface area contributed by atoms with Gasteiger partial charge in [-0.05, 0) is 12.3 Å². The minimum absolute atomic E-state index is 0.136. The fourth-order valence-electron chi connectivity index (χ4n) is 2.35. The van der Waals surface area contributed by atoms with Crippen molar-refractivity contribution in [3.05, 3.63) is 12.2 Å². The Kier molecular flexibility index (Phi) is 1.94. The number of likely N-dealkylation sites (tertiary alicyclic amines) is 1. The van der Waals surface area contributed by atoms with Gasteiger partial charge in [0, 0.05) is 12.5 Å². The number of amides is 1. The first-order valence-corrected chi connectivity index (χ1v) is 4.50. The molecule has 1 fully saturated rings. The van der Waals surface area contributed by atoms with Crippen LogP contribution in [0.25, 0.3) is 0 Å². The lowest BCUT2D eigenvalue weighted by Crippen LogP contribution is -2.42. The van der Waals surface area contributed by atoms with Crippen molar-refractivity contribution >= 4 is 12.1 Å². The zero-order valence-electron chi connectivity index (χ0n) is 7.46. The Morgan fingerprint density at radius 2 is 2.07 bits per heavy atom. The Morgan fingerprint density at radius 3 is 2.64 bits per heavy atom. The molecule has 0 spiro atoms. The lowest BCUT2D eigenvalue weighted by molar-refractivity contribution is -0.142. The molecule has 2 N–H and O–H groups in total. The summed E-state index contributed by atoms with van der Waals surface area (Å²) in [5, 5.41) is 17.8. The van der Waals surface area contributed by atoms with E-state index in [1.54, 1.807) is 0 Å². The van der Waals surface area contributed by atoms with E-state index in [1.165, 1.54) is 0 Å². The second-order valence-electron chi connectivity index (χ2n) is 3.72. The van der Waals surface area contributed by atoms with E-state index in [4.69, 9.17) is 10.2 Å². The smallest absolute Gasteiger partial charge is 0.408 e. The van der Waals surface area contributed by atoms with Crippen LogP contribution in [0.3, 0.4) is 0 Å². The zero-order chi connectivity index (χ0) is 10.3. The first-order chi connectivity index (χ1) is 6.61. The van der Waals surface area contributed by atoms with E-state index < -0.39 is 18.1 Å². The molecule has 0 saturated carbocycles. The predicted molar refractivity (Wildman–Crippen MR) is 46.9 cm³/mol. The summed E-state index contributed by atoms with van der Waals surface area (Å²) in [4.78, 5) is 22.7. The van der Waals surface area contributed by atoms with E-state index in [-0.39, 0.29) is 11.8 Å². The molecule has 76 valence electrons. The number of rotatable bonds is 1. The van der Waals surface area contributed by atoms with Gasteiger partial charge in [-0.1, -0.05) is 12.2 Å². The molecule has 1 aliphatic heterocycles. The van der Waals surface area contributed by atoms with E-state index in [9.17, 15) is 9.59 Å². The molecule has 2 aliphatic rings. The molecule has 3 atom stereocenters. The molecule has 0 aromatic carbocycles. The normalized spacial score (nSPS) is 34.6. The summed E-state index contributed by atoms with van der Waals surface area (Å²) in [6.07, 6.45) is 3.41. The average Bonchev–Trinajstić information content (AvgIpc) is 2.58. The highest BCUT2D eigenvalue weighted by Gasteiger charge is 2.47. The third-order valence-corrected chi connectivity index (χ3v) is 2.97. The summed E-state index contributed by atoms with van der Waals surface area (Å²) in [6, 6.07) is -0.892. The molecule has 1 saturated heterocycles. The van der Waals surface area contributed by atoms with Crippen LogP contribution in [0.1, 0.15) is 6.42 Å². The maximum Gasteiger partial charge on any atom is 0.408 e. The van der Waals surface area contributed by atoms with Gasteiger partial charge >= 0.3 is 12.1 Å². The molecule has 0 radical (unpaired) electrons. The second kappa shape index (κ2) is 3.01. The minimum atomic E-state index is -1.14. The highest BCUT2D eigenvalue weighted by Crippen LogP contribution is 2.37. The van der Waals surface area contributed by atoms with Crippen LogP contribution in [0, 0.1) is 11.8 Å². The minimum Gasteiger partial charge on any atom is -0.480 e. The standard InChI is InChI=1S/C9H11NO4/c11-8(12)7-6-3-1-2-5(6)4-10(7)9(13)14/h1,3,5-7H,2,4H2,(H,11,12)(H,13,14)/t5-,6+,7-/m1/s1. The SMILES string of the molecule is O=C(O)[C@H]1[C@H]2C=CC[C@@H]2CN1C(=O)O. The van der Waals surface area contributed by atoms with Gasteiger partial charge in [0.25, 0.3) is 0 Å². The lowest BCUT2D eigenvalue weighted by atomic mass is 9.94. The van der Waals surface area contributed by atoms with E-state index >= 15 is 0 Å². The van der Waals surface area contributed by atoms with Crippen LogP contribution in [-0.4, -0.2) is 39.8 Å². The number of carboxylic acid groups (broad SMARTS) is 2. The van der Waals surface area contributed by atoms with Crippen molar-refractivity contribution in [1.82, 2.24) is 4.90 Å². The molecule has 5 nitrogen and oxygen atoms in total. The van der Waals surface area contributed by atoms with Crippen molar-refractivity contribution in [2.75, 3.05) is 6.54 Å². The Balaban J connectivity index is 2.26. The monoisotopic (exact) mass is 197 g/mol. The third-order valence-electron chi connectivity index (χ3n) is 2.97. The summed E-state index contributed by atoms with van der Waals surface area (Å²) in [5.41, 5.74) is 0. The van der Waals surface area contributed by atoms with Crippen LogP contribution in [0.15, 0.2) is 12.2 Å². The number of carboxylic acids is 1. The Hall–Kier alpha value is -1.52. The highest BCUT2D eigenvalue weighted by atomic mass is 16.4. The van der Waals surface area contributed by atoms with Crippen LogP contribution >= 0.6 is 0 Å². The Bertz CT molecular complexity index is 312. The van der Waals surface area contributed by atoms with Crippen LogP contribution in [-0.2, 0) is 4.79 Å². The molecule has 0 aromatic rings. The lowest BCUT2D eigenvalue weighted by Gasteiger charge is -2.19. The van der Waals surface area contributed by atoms with Crippen LogP contribution in [0.5, 0.6) is 0 Å². The van der Waals surface area contributed by atoms with Gasteiger partial charge in [0.1, 0.15) is 6.04 Å². The van der Waals surface area contributed by atoms with Gasteiger partial charge in [-0.3, -0.25) is 4.90 Å². The van der Waals surface area contributed by atoms with Gasteiger partial charge in [0.2, 0.25) is 0 Å². The predicted octanol–water partition coefficient (Wildman–Crippen LogP) is 0.625. The van der Waals surface area contributed by atoms with Crippen LogP contribution < -0.4 is 0 Å². The van der Waals surface area contributed by atoms with Crippen molar-refractivity contribution in [2.24, 2.45) is 11.8 Å². The van der Waals surface area contributed by atoms with E-state index in [0.717, 1.165) is 11.3 Å². The number of hydrogen-bond acceptors (Lipinski definition) is 2. The van der Waals surface area contributed by atoms with Gasteiger partial charge in [0.15, 0.2) is 0 Å². The maximum atomic E-state index is 10.9. The number of allylic oxidation sites excluding steroid dienone is 1. The topological polar surface area (TPSA) is 77.8 Å². The van der Waals surface area contributed by atoms with Crippen molar-refractivity contribution in [3.63, 3.8) is 0 Å². The zero-order valence-corrected chi connectivity index (χ0v) is 7.46. The summed E-state index contributed by atoms with van der Waals surface area (Å²) in [5.74, 6) is -1.03. The molecule has 14 heavy (non-hydrogen) atoms. The van der Waals surface area contributed by atoms with Gasteiger partial charge in [-0.15, -0.1) is 0 Å². The summed E-state index contributed by atoms with van der Waals surface area (Å²) in [6.45, 7) is 0.337. The van der Waals surface area contributed by atoms with Crippen molar-refractivity contribution < 1.29 is 19.8 Å². The van der Waals surface area contributed by atoms with Crippen molar-refractivity contribution in [1.29, 1.82) is 0 Å². The van der Waals surface area contributed by atoms with E-state index in [0.29, 0.717) is 6.54 Å². The first kappa shape index (κ1) is 9.05. The second-order valence-corrected chi connectivity index (χ2v) is 3.72. The molecule has 2 rings (SSSR count). The molecule has 1 amide bonds. The first-order valence-electron chi connectivity index (χ1n) is 4.50. The molecule has 5 heteroatoms. The van der Waals surface area contributed by atoms with Crippen molar-refractivity contribution in [3.8, 4) is 0 Å². The molecule has 1 heterocycles. The fourth-order valence-corrected chi connectivity index (χ4v) is 2.35. The Morgan fingerprint density at radius 1 is 1.36 bits per heavy atom. The number of carbonyl (C=O) groups is 2. The van der Waals surface area contributed by atoms with Crippen LogP contribution in [0.4, 0.5) is 4.79 Å². The van der Waals surface area contributed by atoms with Crippen LogP contribution in [0.2, 0.25) is 0 Å². The largest absolute Gasteiger partial charge is 0.480 e. The van der Waals surface area contributed by atoms with Gasteiger partial charge in [-0.2, -0.15) is 0 Å². The summed E-state index contributed by atoms with van der Waals surface area (Å²) < 4.78 is 0. The highest BCUT2D eigenvalue weighted by molar-refractivity contribution is 5.81. The molecule has 0 unspecified atom stereocenters. The molecule has 0 bridgehead atoms. The number of hydrogen-bond donors (Lipinski definition) is 2. The van der Waals surface area contributed by atoms with Gasteiger partial charge < -0.3 is 10.2 Å². The van der Waals surface area contributed by atoms with Gasteiger partial charge in [0.05, 0.1) is 0 Å². The van der Waals surface area contributed by atoms with E-state index in [1.807, 2.05) is 12.2 Å². The summed E-state index contributed by atoms with van der Waals surface area (Å²) >= 11 is 0. The average molecular weight is 197 g/mol. The molecular weight excluding hydrogens is 186 g/mol. The third kappa shape index (κ3) is 1.16. The Labute approximate surface area is 80.6 Å². The van der Waals surface area contributed by atoms with E-state index in [2.05, 4.69) is 0 Å². The maximum absolute atomic E-state index is 10.9. The molecule has 1 aliphatic carbocycles. The number of fused-ring (bicyclic) bond motifs is 1.